The number of urea groups is 1. The smallest absolute Gasteiger partial charge is 0.394 e. The maximum absolute atomic E-state index is 12.6. The average Bonchev–Trinajstić information content (AvgIpc) is 2.75. The molecule has 3 atom stereocenters. The number of rotatable bonds is 5. The first-order valence-corrected chi connectivity index (χ1v) is 10.2. The highest BCUT2D eigenvalue weighted by molar-refractivity contribution is 5.89. The maximum atomic E-state index is 12.6. The molecule has 170 valence electrons. The zero-order chi connectivity index (χ0) is 22.4. The van der Waals surface area contributed by atoms with Crippen LogP contribution in [0.4, 0.5) is 23.7 Å². The molecule has 2 aliphatic rings. The Kier molecular flexibility index (Phi) is 7.55. The van der Waals surface area contributed by atoms with Gasteiger partial charge in [-0.3, -0.25) is 4.79 Å². The first-order valence-electron chi connectivity index (χ1n) is 10.2. The van der Waals surface area contributed by atoms with Gasteiger partial charge in [-0.2, -0.15) is 13.2 Å². The lowest BCUT2D eigenvalue weighted by atomic mass is 10.0. The molecule has 3 rings (SSSR count). The summed E-state index contributed by atoms with van der Waals surface area (Å²) in [5.74, 6) is -0.00232. The van der Waals surface area contributed by atoms with E-state index in [0.717, 1.165) is 56.6 Å². The fourth-order valence-corrected chi connectivity index (χ4v) is 3.64. The summed E-state index contributed by atoms with van der Waals surface area (Å²) in [5.41, 5.74) is -0.621. The van der Waals surface area contributed by atoms with Crippen LogP contribution in [0, 0.1) is 0 Å². The minimum atomic E-state index is -4.45. The number of benzene rings is 1. The van der Waals surface area contributed by atoms with Crippen molar-refractivity contribution < 1.29 is 32.6 Å². The van der Waals surface area contributed by atoms with Crippen LogP contribution in [-0.4, -0.2) is 59.9 Å². The molecule has 0 bridgehead atoms. The van der Waals surface area contributed by atoms with E-state index in [4.69, 9.17) is 4.74 Å². The molecule has 1 fully saturated rings. The summed E-state index contributed by atoms with van der Waals surface area (Å²) >= 11 is 0. The van der Waals surface area contributed by atoms with Crippen molar-refractivity contribution in [2.45, 2.75) is 50.1 Å². The highest BCUT2D eigenvalue weighted by atomic mass is 19.4. The van der Waals surface area contributed by atoms with Crippen LogP contribution in [0.2, 0.25) is 0 Å². The topological polar surface area (TPSA) is 90.9 Å². The first-order chi connectivity index (χ1) is 14.8. The molecule has 2 heterocycles. The number of hydrogen-bond donors (Lipinski definition) is 3. The number of aliphatic hydroxyl groups excluding tert-OH is 1. The number of nitrogens with one attached hydrogen (secondary N) is 2. The second-order valence-electron chi connectivity index (χ2n) is 7.63. The summed E-state index contributed by atoms with van der Waals surface area (Å²) in [4.78, 5) is 26.4. The van der Waals surface area contributed by atoms with Gasteiger partial charge in [-0.15, -0.1) is 0 Å². The lowest BCUT2D eigenvalue weighted by Crippen LogP contribution is -2.50. The monoisotopic (exact) mass is 441 g/mol. The fourth-order valence-electron chi connectivity index (χ4n) is 3.64. The zero-order valence-corrected chi connectivity index (χ0v) is 16.9. The second kappa shape index (κ2) is 10.1. The SMILES string of the molecule is O=C(Nc1ccc(C(F)(F)F)cc1)N[C@@H]1C=C[C@@H](CC(=O)N2CCCCC2)O[C@@H]1CO. The molecule has 0 radical (unpaired) electrons. The van der Waals surface area contributed by atoms with Crippen molar-refractivity contribution in [3.63, 3.8) is 0 Å². The van der Waals surface area contributed by atoms with Gasteiger partial charge in [0.2, 0.25) is 5.91 Å². The summed E-state index contributed by atoms with van der Waals surface area (Å²) in [6, 6.07) is 2.75. The largest absolute Gasteiger partial charge is 0.416 e. The van der Waals surface area contributed by atoms with Gasteiger partial charge in [0.15, 0.2) is 0 Å². The van der Waals surface area contributed by atoms with E-state index in [1.165, 1.54) is 0 Å². The van der Waals surface area contributed by atoms with E-state index in [9.17, 15) is 27.9 Å². The molecule has 3 N–H and O–H groups in total. The van der Waals surface area contributed by atoms with Crippen LogP contribution < -0.4 is 10.6 Å². The van der Waals surface area contributed by atoms with Crippen LogP contribution in [-0.2, 0) is 15.7 Å². The lowest BCUT2D eigenvalue weighted by Gasteiger charge is -2.33. The minimum absolute atomic E-state index is 0.00232. The Bertz CT molecular complexity index is 792. The summed E-state index contributed by atoms with van der Waals surface area (Å²) in [6.45, 7) is 1.12. The van der Waals surface area contributed by atoms with Crippen LogP contribution >= 0.6 is 0 Å². The Morgan fingerprint density at radius 2 is 1.77 bits per heavy atom. The van der Waals surface area contributed by atoms with E-state index in [0.29, 0.717) is 0 Å². The van der Waals surface area contributed by atoms with Crippen molar-refractivity contribution in [2.75, 3.05) is 25.0 Å². The third-order valence-corrected chi connectivity index (χ3v) is 5.32. The summed E-state index contributed by atoms with van der Waals surface area (Å²) < 4.78 is 43.6. The van der Waals surface area contributed by atoms with Crippen molar-refractivity contribution in [2.24, 2.45) is 0 Å². The van der Waals surface area contributed by atoms with Crippen LogP contribution in [0.3, 0.4) is 0 Å². The Balaban J connectivity index is 1.53. The summed E-state index contributed by atoms with van der Waals surface area (Å²) in [6.07, 6.45) is 0.909. The molecule has 7 nitrogen and oxygen atoms in total. The molecule has 0 aliphatic carbocycles. The number of ether oxygens (including phenoxy) is 1. The predicted molar refractivity (Wildman–Crippen MR) is 107 cm³/mol. The van der Waals surface area contributed by atoms with Gasteiger partial charge in [0, 0.05) is 18.8 Å². The molecular formula is C21H26F3N3O4. The van der Waals surface area contributed by atoms with Crippen molar-refractivity contribution in [3.05, 3.63) is 42.0 Å². The molecule has 0 saturated carbocycles. The lowest BCUT2D eigenvalue weighted by molar-refractivity contribution is -0.138. The molecule has 0 aromatic heterocycles. The van der Waals surface area contributed by atoms with Crippen LogP contribution in [0.1, 0.15) is 31.2 Å². The van der Waals surface area contributed by atoms with Gasteiger partial charge in [-0.25, -0.2) is 4.79 Å². The normalized spacial score (nSPS) is 24.0. The average molecular weight is 441 g/mol. The number of piperidine rings is 1. The number of likely N-dealkylation sites (tertiary alicyclic amines) is 1. The Morgan fingerprint density at radius 3 is 2.39 bits per heavy atom. The van der Waals surface area contributed by atoms with E-state index in [1.807, 2.05) is 4.90 Å². The highest BCUT2D eigenvalue weighted by Crippen LogP contribution is 2.29. The number of carbonyl (C=O) groups excluding carboxylic acids is 2. The standard InChI is InChI=1S/C21H26F3N3O4/c22-21(23,24)14-4-6-15(7-5-14)25-20(30)26-17-9-8-16(31-18(17)13-28)12-19(29)27-10-2-1-3-11-27/h4-9,16-18,28H,1-3,10-13H2,(H2,25,26,30)/t16-,17+,18+/m0/s1. The van der Waals surface area contributed by atoms with Crippen molar-refractivity contribution in [1.82, 2.24) is 10.2 Å². The van der Waals surface area contributed by atoms with E-state index >= 15 is 0 Å². The maximum Gasteiger partial charge on any atom is 0.416 e. The van der Waals surface area contributed by atoms with E-state index in [2.05, 4.69) is 10.6 Å². The molecule has 1 saturated heterocycles. The van der Waals surface area contributed by atoms with E-state index in [1.54, 1.807) is 12.2 Å². The second-order valence-corrected chi connectivity index (χ2v) is 7.63. The van der Waals surface area contributed by atoms with Crippen molar-refractivity contribution in [3.8, 4) is 0 Å². The first kappa shape index (κ1) is 23.1. The molecule has 1 aromatic carbocycles. The highest BCUT2D eigenvalue weighted by Gasteiger charge is 2.31. The molecular weight excluding hydrogens is 415 g/mol. The molecule has 10 heteroatoms. The molecule has 0 spiro atoms. The predicted octanol–water partition coefficient (Wildman–Crippen LogP) is 2.91. The van der Waals surface area contributed by atoms with Crippen molar-refractivity contribution >= 4 is 17.6 Å². The Morgan fingerprint density at radius 1 is 1.10 bits per heavy atom. The number of amides is 3. The number of nitrogens with zero attached hydrogens (tertiary/aromatic N) is 1. The quantitative estimate of drug-likeness (QED) is 0.613. The van der Waals surface area contributed by atoms with Gasteiger partial charge in [-0.1, -0.05) is 12.2 Å². The summed E-state index contributed by atoms with van der Waals surface area (Å²) in [7, 11) is 0. The molecule has 0 unspecified atom stereocenters. The third-order valence-electron chi connectivity index (χ3n) is 5.32. The zero-order valence-electron chi connectivity index (χ0n) is 16.9. The van der Waals surface area contributed by atoms with Gasteiger partial charge in [0.25, 0.3) is 0 Å². The molecule has 2 aliphatic heterocycles. The van der Waals surface area contributed by atoms with E-state index in [-0.39, 0.29) is 24.6 Å². The minimum Gasteiger partial charge on any atom is -0.394 e. The molecule has 1 aromatic rings. The number of aliphatic hydroxyl groups is 1. The van der Waals surface area contributed by atoms with Crippen LogP contribution in [0.15, 0.2) is 36.4 Å². The number of hydrogen-bond acceptors (Lipinski definition) is 4. The number of alkyl halides is 3. The third kappa shape index (κ3) is 6.44. The number of anilines is 1. The van der Waals surface area contributed by atoms with Gasteiger partial charge < -0.3 is 25.4 Å². The molecule has 31 heavy (non-hydrogen) atoms. The van der Waals surface area contributed by atoms with Gasteiger partial charge in [-0.05, 0) is 43.5 Å². The van der Waals surface area contributed by atoms with Gasteiger partial charge >= 0.3 is 12.2 Å². The van der Waals surface area contributed by atoms with Crippen molar-refractivity contribution in [1.29, 1.82) is 0 Å². The fraction of sp³-hybridized carbons (Fsp3) is 0.524. The van der Waals surface area contributed by atoms with Crippen LogP contribution in [0.5, 0.6) is 0 Å². The van der Waals surface area contributed by atoms with Gasteiger partial charge in [0.1, 0.15) is 6.10 Å². The van der Waals surface area contributed by atoms with Gasteiger partial charge in [0.05, 0.1) is 30.7 Å². The number of halogens is 3. The summed E-state index contributed by atoms with van der Waals surface area (Å²) in [5, 5.41) is 14.7. The number of carbonyl (C=O) groups is 2. The Hall–Kier alpha value is -2.59. The Labute approximate surface area is 178 Å². The van der Waals surface area contributed by atoms with E-state index < -0.39 is 36.0 Å². The molecule has 3 amide bonds. The van der Waals surface area contributed by atoms with Crippen LogP contribution in [0.25, 0.3) is 0 Å².